The van der Waals surface area contributed by atoms with Gasteiger partial charge in [-0.15, -0.1) is 0 Å². The first-order chi connectivity index (χ1) is 11.8. The first kappa shape index (κ1) is 19.2. The Bertz CT molecular complexity index is 702. The van der Waals surface area contributed by atoms with Gasteiger partial charge in [0.15, 0.2) is 0 Å². The summed E-state index contributed by atoms with van der Waals surface area (Å²) in [6.45, 7) is 8.25. The first-order valence-corrected chi connectivity index (χ1v) is 8.97. The molecule has 0 radical (unpaired) electrons. The fraction of sp³-hybridized carbons (Fsp3) is 0.409. The van der Waals surface area contributed by atoms with Crippen LogP contribution >= 0.6 is 0 Å². The SMILES string of the molecule is CCC(C)(C)c1cccc(-c2ccc(C(=O)NCCN(C)C)cc2)c1. The predicted molar refractivity (Wildman–Crippen MR) is 106 cm³/mol. The van der Waals surface area contributed by atoms with E-state index in [9.17, 15) is 4.79 Å². The van der Waals surface area contributed by atoms with Gasteiger partial charge < -0.3 is 10.2 Å². The number of hydrogen-bond acceptors (Lipinski definition) is 2. The lowest BCUT2D eigenvalue weighted by atomic mass is 9.81. The second-order valence-electron chi connectivity index (χ2n) is 7.45. The van der Waals surface area contributed by atoms with E-state index in [1.807, 2.05) is 43.3 Å². The van der Waals surface area contributed by atoms with E-state index in [1.165, 1.54) is 11.1 Å². The second-order valence-corrected chi connectivity index (χ2v) is 7.45. The molecule has 1 amide bonds. The van der Waals surface area contributed by atoms with Crippen molar-refractivity contribution in [3.63, 3.8) is 0 Å². The van der Waals surface area contributed by atoms with Crippen LogP contribution in [0.25, 0.3) is 11.1 Å². The second kappa shape index (κ2) is 8.30. The van der Waals surface area contributed by atoms with Crippen molar-refractivity contribution in [3.8, 4) is 11.1 Å². The number of rotatable bonds is 7. The Balaban J connectivity index is 2.12. The standard InChI is InChI=1S/C22H30N2O/c1-6-22(2,3)20-9-7-8-19(16-20)17-10-12-18(13-11-17)21(25)23-14-15-24(4)5/h7-13,16H,6,14-15H2,1-5H3,(H,23,25). The maximum absolute atomic E-state index is 12.2. The Kier molecular flexibility index (Phi) is 6.38. The summed E-state index contributed by atoms with van der Waals surface area (Å²) in [7, 11) is 3.99. The van der Waals surface area contributed by atoms with Crippen molar-refractivity contribution in [2.45, 2.75) is 32.6 Å². The van der Waals surface area contributed by atoms with Gasteiger partial charge >= 0.3 is 0 Å². The molecule has 2 aromatic carbocycles. The van der Waals surface area contributed by atoms with E-state index in [4.69, 9.17) is 0 Å². The van der Waals surface area contributed by atoms with Gasteiger partial charge in [-0.25, -0.2) is 0 Å². The molecule has 1 N–H and O–H groups in total. The van der Waals surface area contributed by atoms with E-state index in [0.717, 1.165) is 18.5 Å². The summed E-state index contributed by atoms with van der Waals surface area (Å²) in [4.78, 5) is 14.2. The van der Waals surface area contributed by atoms with Crippen molar-refractivity contribution >= 4 is 5.91 Å². The highest BCUT2D eigenvalue weighted by atomic mass is 16.1. The smallest absolute Gasteiger partial charge is 0.251 e. The lowest BCUT2D eigenvalue weighted by molar-refractivity contribution is 0.0951. The van der Waals surface area contributed by atoms with Gasteiger partial charge in [0.2, 0.25) is 0 Å². The molecule has 0 aliphatic carbocycles. The van der Waals surface area contributed by atoms with Crippen LogP contribution in [-0.2, 0) is 5.41 Å². The fourth-order valence-corrected chi connectivity index (χ4v) is 2.63. The summed E-state index contributed by atoms with van der Waals surface area (Å²) in [6, 6.07) is 16.5. The number of carbonyl (C=O) groups is 1. The zero-order chi connectivity index (χ0) is 18.4. The topological polar surface area (TPSA) is 32.3 Å². The Labute approximate surface area is 152 Å². The zero-order valence-corrected chi connectivity index (χ0v) is 16.1. The van der Waals surface area contributed by atoms with Crippen molar-refractivity contribution < 1.29 is 4.79 Å². The van der Waals surface area contributed by atoms with Crippen molar-refractivity contribution in [2.75, 3.05) is 27.2 Å². The number of hydrogen-bond donors (Lipinski definition) is 1. The van der Waals surface area contributed by atoms with Crippen LogP contribution in [0.2, 0.25) is 0 Å². The molecule has 0 spiro atoms. The molecule has 0 aromatic heterocycles. The van der Waals surface area contributed by atoms with Crippen LogP contribution in [0, 0.1) is 0 Å². The molecule has 0 unspecified atom stereocenters. The molecule has 0 saturated carbocycles. The minimum atomic E-state index is -0.0192. The Morgan fingerprint density at radius 1 is 1.04 bits per heavy atom. The predicted octanol–water partition coefficient (Wildman–Crippen LogP) is 4.33. The maximum atomic E-state index is 12.2. The molecule has 2 aromatic rings. The zero-order valence-electron chi connectivity index (χ0n) is 16.1. The monoisotopic (exact) mass is 338 g/mol. The van der Waals surface area contributed by atoms with E-state index < -0.39 is 0 Å². The van der Waals surface area contributed by atoms with Gasteiger partial charge in [0, 0.05) is 18.7 Å². The van der Waals surface area contributed by atoms with Crippen LogP contribution in [0.1, 0.15) is 43.1 Å². The van der Waals surface area contributed by atoms with E-state index in [2.05, 4.69) is 50.4 Å². The molecule has 0 aliphatic heterocycles. The number of amides is 1. The molecule has 0 fully saturated rings. The third-order valence-corrected chi connectivity index (χ3v) is 4.85. The third kappa shape index (κ3) is 5.17. The van der Waals surface area contributed by atoms with Gasteiger partial charge in [-0.3, -0.25) is 4.79 Å². The number of nitrogens with zero attached hydrogens (tertiary/aromatic N) is 1. The van der Waals surface area contributed by atoms with Gasteiger partial charge in [-0.05, 0) is 54.8 Å². The molecule has 0 bridgehead atoms. The van der Waals surface area contributed by atoms with E-state index in [0.29, 0.717) is 12.1 Å². The molecule has 25 heavy (non-hydrogen) atoms. The molecular weight excluding hydrogens is 308 g/mol. The van der Waals surface area contributed by atoms with Gasteiger partial charge in [0.25, 0.3) is 5.91 Å². The maximum Gasteiger partial charge on any atom is 0.251 e. The van der Waals surface area contributed by atoms with Crippen molar-refractivity contribution in [1.29, 1.82) is 0 Å². The third-order valence-electron chi connectivity index (χ3n) is 4.85. The average molecular weight is 338 g/mol. The minimum absolute atomic E-state index is 0.0192. The van der Waals surface area contributed by atoms with Crippen LogP contribution in [0.5, 0.6) is 0 Å². The lowest BCUT2D eigenvalue weighted by Crippen LogP contribution is -2.31. The molecular formula is C22H30N2O. The molecule has 0 saturated heterocycles. The van der Waals surface area contributed by atoms with Crippen LogP contribution in [0.15, 0.2) is 48.5 Å². The summed E-state index contributed by atoms with van der Waals surface area (Å²) >= 11 is 0. The molecule has 2 rings (SSSR count). The van der Waals surface area contributed by atoms with Crippen molar-refractivity contribution in [3.05, 3.63) is 59.7 Å². The summed E-state index contributed by atoms with van der Waals surface area (Å²) in [5.41, 5.74) is 4.55. The van der Waals surface area contributed by atoms with Gasteiger partial charge in [0.05, 0.1) is 0 Å². The van der Waals surface area contributed by atoms with Gasteiger partial charge in [-0.1, -0.05) is 57.2 Å². The van der Waals surface area contributed by atoms with E-state index >= 15 is 0 Å². The molecule has 3 nitrogen and oxygen atoms in total. The fourth-order valence-electron chi connectivity index (χ4n) is 2.63. The van der Waals surface area contributed by atoms with Crippen LogP contribution < -0.4 is 5.32 Å². The summed E-state index contributed by atoms with van der Waals surface area (Å²) in [6.07, 6.45) is 1.10. The normalized spacial score (nSPS) is 11.6. The first-order valence-electron chi connectivity index (χ1n) is 8.97. The van der Waals surface area contributed by atoms with Crippen molar-refractivity contribution in [2.24, 2.45) is 0 Å². The Morgan fingerprint density at radius 2 is 1.72 bits per heavy atom. The summed E-state index contributed by atoms with van der Waals surface area (Å²) in [5, 5.41) is 2.95. The minimum Gasteiger partial charge on any atom is -0.351 e. The number of benzene rings is 2. The highest BCUT2D eigenvalue weighted by Gasteiger charge is 2.18. The average Bonchev–Trinajstić information content (AvgIpc) is 2.61. The number of nitrogens with one attached hydrogen (secondary N) is 1. The number of likely N-dealkylation sites (N-methyl/N-ethyl adjacent to an activating group) is 1. The van der Waals surface area contributed by atoms with Crippen LogP contribution in [-0.4, -0.2) is 38.0 Å². The summed E-state index contributed by atoms with van der Waals surface area (Å²) in [5.74, 6) is -0.0192. The molecule has 0 heterocycles. The molecule has 0 aliphatic rings. The highest BCUT2D eigenvalue weighted by molar-refractivity contribution is 5.94. The van der Waals surface area contributed by atoms with Gasteiger partial charge in [0.1, 0.15) is 0 Å². The van der Waals surface area contributed by atoms with Crippen LogP contribution in [0.3, 0.4) is 0 Å². The lowest BCUT2D eigenvalue weighted by Gasteiger charge is -2.24. The highest BCUT2D eigenvalue weighted by Crippen LogP contribution is 2.30. The molecule has 3 heteroatoms. The number of carbonyl (C=O) groups excluding carboxylic acids is 1. The van der Waals surface area contributed by atoms with E-state index in [1.54, 1.807) is 0 Å². The van der Waals surface area contributed by atoms with Gasteiger partial charge in [-0.2, -0.15) is 0 Å². The largest absolute Gasteiger partial charge is 0.351 e. The molecule has 134 valence electrons. The van der Waals surface area contributed by atoms with Crippen molar-refractivity contribution in [1.82, 2.24) is 10.2 Å². The Hall–Kier alpha value is -2.13. The van der Waals surface area contributed by atoms with Crippen LogP contribution in [0.4, 0.5) is 0 Å². The van der Waals surface area contributed by atoms with E-state index in [-0.39, 0.29) is 11.3 Å². The summed E-state index contributed by atoms with van der Waals surface area (Å²) < 4.78 is 0. The quantitative estimate of drug-likeness (QED) is 0.815. The Morgan fingerprint density at radius 3 is 2.32 bits per heavy atom. The molecule has 0 atom stereocenters.